The molecule has 0 spiro atoms. The third-order valence-corrected chi connectivity index (χ3v) is 2.81. The van der Waals surface area contributed by atoms with E-state index in [4.69, 9.17) is 4.74 Å². The Morgan fingerprint density at radius 3 is 2.36 bits per heavy atom. The van der Waals surface area contributed by atoms with Crippen molar-refractivity contribution in [1.82, 2.24) is 0 Å². The second-order valence-electron chi connectivity index (χ2n) is 6.32. The number of unbranched alkanes of at least 4 members (excludes halogenated alkanes) is 1. The minimum absolute atomic E-state index is 0.261. The van der Waals surface area contributed by atoms with E-state index in [9.17, 15) is 14.7 Å². The maximum atomic E-state index is 11.8. The Hall–Kier alpha value is -1.62. The Bertz CT molecular complexity index is 394. The molecule has 0 aromatic carbocycles. The van der Waals surface area contributed by atoms with Crippen molar-refractivity contribution in [3.05, 3.63) is 24.3 Å². The van der Waals surface area contributed by atoms with Crippen molar-refractivity contribution < 1.29 is 23.9 Å². The summed E-state index contributed by atoms with van der Waals surface area (Å²) in [6.45, 7) is 2.52. The molecule has 0 aliphatic carbocycles. The van der Waals surface area contributed by atoms with Gasteiger partial charge in [0.2, 0.25) is 0 Å². The first-order valence-electron chi connectivity index (χ1n) is 7.76. The van der Waals surface area contributed by atoms with Crippen LogP contribution in [0, 0.1) is 0 Å². The summed E-state index contributed by atoms with van der Waals surface area (Å²) in [7, 11) is 5.76. The van der Waals surface area contributed by atoms with Crippen LogP contribution < -0.4 is 5.11 Å². The van der Waals surface area contributed by atoms with Gasteiger partial charge in [-0.05, 0) is 19.3 Å². The van der Waals surface area contributed by atoms with Crippen LogP contribution in [0.25, 0.3) is 0 Å². The first-order chi connectivity index (χ1) is 10.2. The molecular weight excluding hydrogens is 282 g/mol. The van der Waals surface area contributed by atoms with Gasteiger partial charge in [-0.3, -0.25) is 4.79 Å². The van der Waals surface area contributed by atoms with E-state index in [-0.39, 0.29) is 12.4 Å². The van der Waals surface area contributed by atoms with Crippen LogP contribution in [-0.2, 0) is 14.3 Å². The monoisotopic (exact) mass is 311 g/mol. The quantitative estimate of drug-likeness (QED) is 0.251. The van der Waals surface area contributed by atoms with Gasteiger partial charge in [-0.15, -0.1) is 0 Å². The average molecular weight is 311 g/mol. The number of hydrogen-bond acceptors (Lipinski definition) is 4. The minimum Gasteiger partial charge on any atom is -0.550 e. The highest BCUT2D eigenvalue weighted by molar-refractivity contribution is 5.70. The van der Waals surface area contributed by atoms with Crippen LogP contribution in [-0.4, -0.2) is 50.2 Å². The number of carbonyl (C=O) groups is 2. The predicted octanol–water partition coefficient (Wildman–Crippen LogP) is 1.44. The standard InChI is InChI=1S/C17H29NO4/c1-5-6-7-8-9-10-11-12-17(21)22-15(13-16(19)20)14-18(2,3)4/h6-9,15H,5,10-14H2,1-4H3/b7-6+,9-8+. The molecule has 126 valence electrons. The first-order valence-corrected chi connectivity index (χ1v) is 7.76. The number of carboxylic acids is 1. The number of ether oxygens (including phenoxy) is 1. The van der Waals surface area contributed by atoms with Crippen molar-refractivity contribution in [3.8, 4) is 0 Å². The Labute approximate surface area is 133 Å². The third-order valence-electron chi connectivity index (χ3n) is 2.81. The van der Waals surface area contributed by atoms with Crippen LogP contribution in [0.15, 0.2) is 24.3 Å². The van der Waals surface area contributed by atoms with E-state index in [1.165, 1.54) is 0 Å². The summed E-state index contributed by atoms with van der Waals surface area (Å²) in [6.07, 6.45) is 9.89. The van der Waals surface area contributed by atoms with Gasteiger partial charge >= 0.3 is 5.97 Å². The van der Waals surface area contributed by atoms with E-state index in [0.29, 0.717) is 23.9 Å². The zero-order chi connectivity index (χ0) is 17.0. The molecule has 5 nitrogen and oxygen atoms in total. The fourth-order valence-corrected chi connectivity index (χ4v) is 1.94. The number of hydrogen-bond donors (Lipinski definition) is 0. The molecule has 1 atom stereocenters. The van der Waals surface area contributed by atoms with Gasteiger partial charge in [0.25, 0.3) is 0 Å². The number of quaternary nitrogens is 1. The highest BCUT2D eigenvalue weighted by atomic mass is 16.5. The molecule has 0 saturated carbocycles. The van der Waals surface area contributed by atoms with Crippen molar-refractivity contribution in [3.63, 3.8) is 0 Å². The number of aliphatic carboxylic acids is 1. The Kier molecular flexibility index (Phi) is 10.2. The SMILES string of the molecule is CC/C=C/C=C/CCCC(=O)OC(CC(=O)[O-])C[N+](C)(C)C. The molecule has 0 bridgehead atoms. The van der Waals surface area contributed by atoms with E-state index in [0.717, 1.165) is 12.8 Å². The molecule has 0 rings (SSSR count). The highest BCUT2D eigenvalue weighted by Crippen LogP contribution is 2.08. The molecule has 0 aromatic rings. The summed E-state index contributed by atoms with van der Waals surface area (Å²) in [5, 5.41) is 10.7. The molecule has 0 radical (unpaired) electrons. The number of nitrogens with zero attached hydrogens (tertiary/aromatic N) is 1. The van der Waals surface area contributed by atoms with Gasteiger partial charge in [-0.1, -0.05) is 31.2 Å². The number of likely N-dealkylation sites (N-methyl/N-ethyl adjacent to an activating group) is 1. The zero-order valence-electron chi connectivity index (χ0n) is 14.2. The summed E-state index contributed by atoms with van der Waals surface area (Å²) < 4.78 is 5.79. The number of rotatable bonds is 11. The van der Waals surface area contributed by atoms with E-state index in [2.05, 4.69) is 13.0 Å². The topological polar surface area (TPSA) is 66.4 Å². The van der Waals surface area contributed by atoms with Crippen molar-refractivity contribution >= 4 is 11.9 Å². The Morgan fingerprint density at radius 1 is 1.18 bits per heavy atom. The Morgan fingerprint density at radius 2 is 1.82 bits per heavy atom. The lowest BCUT2D eigenvalue weighted by Crippen LogP contribution is -2.45. The van der Waals surface area contributed by atoms with Crippen LogP contribution in [0.4, 0.5) is 0 Å². The van der Waals surface area contributed by atoms with Gasteiger partial charge in [0.15, 0.2) is 6.10 Å². The molecule has 0 aliphatic heterocycles. The van der Waals surface area contributed by atoms with E-state index >= 15 is 0 Å². The van der Waals surface area contributed by atoms with Crippen LogP contribution in [0.5, 0.6) is 0 Å². The molecule has 5 heteroatoms. The van der Waals surface area contributed by atoms with Gasteiger partial charge in [0.1, 0.15) is 6.54 Å². The molecule has 0 aliphatic rings. The summed E-state index contributed by atoms with van der Waals surface area (Å²) in [6, 6.07) is 0. The largest absolute Gasteiger partial charge is 0.550 e. The van der Waals surface area contributed by atoms with Crippen LogP contribution in [0.2, 0.25) is 0 Å². The van der Waals surface area contributed by atoms with Crippen molar-refractivity contribution in [2.75, 3.05) is 27.7 Å². The molecule has 0 fully saturated rings. The summed E-state index contributed by atoms with van der Waals surface area (Å²) in [5.41, 5.74) is 0. The second-order valence-corrected chi connectivity index (χ2v) is 6.32. The molecule has 22 heavy (non-hydrogen) atoms. The van der Waals surface area contributed by atoms with Crippen LogP contribution in [0.1, 0.15) is 39.0 Å². The van der Waals surface area contributed by atoms with Gasteiger partial charge < -0.3 is 19.1 Å². The summed E-state index contributed by atoms with van der Waals surface area (Å²) >= 11 is 0. The normalized spacial score (nSPS) is 13.6. The summed E-state index contributed by atoms with van der Waals surface area (Å²) in [4.78, 5) is 22.5. The maximum absolute atomic E-state index is 11.8. The van der Waals surface area contributed by atoms with Crippen LogP contribution in [0.3, 0.4) is 0 Å². The van der Waals surface area contributed by atoms with Crippen LogP contribution >= 0.6 is 0 Å². The lowest BCUT2D eigenvalue weighted by Gasteiger charge is -2.29. The number of carbonyl (C=O) groups excluding carboxylic acids is 2. The van der Waals surface area contributed by atoms with Gasteiger partial charge in [0, 0.05) is 18.8 Å². The van der Waals surface area contributed by atoms with E-state index in [1.807, 2.05) is 39.4 Å². The van der Waals surface area contributed by atoms with Crippen molar-refractivity contribution in [2.45, 2.75) is 45.1 Å². The number of allylic oxidation sites excluding steroid dienone is 4. The molecule has 1 unspecified atom stereocenters. The van der Waals surface area contributed by atoms with Gasteiger partial charge in [-0.2, -0.15) is 0 Å². The Balaban J connectivity index is 4.14. The average Bonchev–Trinajstić information content (AvgIpc) is 2.34. The zero-order valence-corrected chi connectivity index (χ0v) is 14.2. The lowest BCUT2D eigenvalue weighted by atomic mass is 10.2. The fourth-order valence-electron chi connectivity index (χ4n) is 1.94. The summed E-state index contributed by atoms with van der Waals surface area (Å²) in [5.74, 6) is -1.55. The first kappa shape index (κ1) is 20.4. The molecule has 0 saturated heterocycles. The second kappa shape index (κ2) is 11.0. The minimum atomic E-state index is -1.20. The lowest BCUT2D eigenvalue weighted by molar-refractivity contribution is -0.873. The molecular formula is C17H29NO4. The van der Waals surface area contributed by atoms with E-state index < -0.39 is 12.1 Å². The van der Waals surface area contributed by atoms with Gasteiger partial charge in [0.05, 0.1) is 21.1 Å². The maximum Gasteiger partial charge on any atom is 0.306 e. The third kappa shape index (κ3) is 13.4. The van der Waals surface area contributed by atoms with Crippen molar-refractivity contribution in [1.29, 1.82) is 0 Å². The number of carboxylic acid groups (broad SMARTS) is 1. The number of esters is 1. The molecule has 0 heterocycles. The van der Waals surface area contributed by atoms with Gasteiger partial charge in [-0.25, -0.2) is 0 Å². The smallest absolute Gasteiger partial charge is 0.306 e. The molecule has 0 N–H and O–H groups in total. The molecule has 0 amide bonds. The van der Waals surface area contributed by atoms with Crippen molar-refractivity contribution in [2.24, 2.45) is 0 Å². The highest BCUT2D eigenvalue weighted by Gasteiger charge is 2.22. The fraction of sp³-hybridized carbons (Fsp3) is 0.647. The van der Waals surface area contributed by atoms with E-state index in [1.54, 1.807) is 0 Å². The molecule has 0 aromatic heterocycles. The predicted molar refractivity (Wildman–Crippen MR) is 84.8 cm³/mol.